The summed E-state index contributed by atoms with van der Waals surface area (Å²) in [7, 11) is -0.803. The summed E-state index contributed by atoms with van der Waals surface area (Å²) in [6.07, 6.45) is 0.777. The van der Waals surface area contributed by atoms with Gasteiger partial charge in [-0.3, -0.25) is 9.59 Å². The summed E-state index contributed by atoms with van der Waals surface area (Å²) in [5.74, 6) is 0.00789. The minimum absolute atomic E-state index is 0.114. The van der Waals surface area contributed by atoms with Gasteiger partial charge in [-0.2, -0.15) is 4.31 Å². The van der Waals surface area contributed by atoms with E-state index in [0.717, 1.165) is 5.56 Å². The third kappa shape index (κ3) is 5.63. The summed E-state index contributed by atoms with van der Waals surface area (Å²) in [6.45, 7) is 3.74. The van der Waals surface area contributed by atoms with Crippen LogP contribution in [0.15, 0.2) is 41.3 Å². The van der Waals surface area contributed by atoms with E-state index in [1.807, 2.05) is 13.0 Å². The fraction of sp³-hybridized carbons (Fsp3) is 0.391. The number of aryl methyl sites for hydroxylation is 1. The summed E-state index contributed by atoms with van der Waals surface area (Å²) < 4.78 is 38.0. The van der Waals surface area contributed by atoms with Crippen molar-refractivity contribution in [3.8, 4) is 11.5 Å². The number of carbonyl (C=O) groups is 2. The van der Waals surface area contributed by atoms with Crippen molar-refractivity contribution in [1.82, 2.24) is 4.31 Å². The average molecular weight is 476 g/mol. The Kier molecular flexibility index (Phi) is 7.60. The van der Waals surface area contributed by atoms with Crippen LogP contribution in [0, 0.1) is 12.8 Å². The number of nitrogens with zero attached hydrogens (tertiary/aromatic N) is 1. The number of sulfonamides is 1. The molecule has 33 heavy (non-hydrogen) atoms. The molecule has 0 saturated carbocycles. The summed E-state index contributed by atoms with van der Waals surface area (Å²) in [4.78, 5) is 24.4. The zero-order valence-corrected chi connectivity index (χ0v) is 20.0. The summed E-state index contributed by atoms with van der Waals surface area (Å²) in [5.41, 5.74) is 1.99. The highest BCUT2D eigenvalue weighted by atomic mass is 32.2. The molecule has 2 amide bonds. The number of piperidine rings is 1. The van der Waals surface area contributed by atoms with Crippen molar-refractivity contribution >= 4 is 33.2 Å². The van der Waals surface area contributed by atoms with Gasteiger partial charge in [0, 0.05) is 32.0 Å². The number of benzene rings is 2. The van der Waals surface area contributed by atoms with Gasteiger partial charge in [0.25, 0.3) is 0 Å². The number of rotatable bonds is 7. The van der Waals surface area contributed by atoms with Crippen molar-refractivity contribution in [3.05, 3.63) is 42.0 Å². The number of ether oxygens (including phenoxy) is 2. The number of amides is 2. The molecule has 0 unspecified atom stereocenters. The maximum Gasteiger partial charge on any atom is 0.243 e. The molecule has 1 saturated heterocycles. The number of methoxy groups -OCH3 is 2. The average Bonchev–Trinajstić information content (AvgIpc) is 2.80. The molecular weight excluding hydrogens is 446 g/mol. The van der Waals surface area contributed by atoms with Crippen LogP contribution in [0.3, 0.4) is 0 Å². The van der Waals surface area contributed by atoms with Gasteiger partial charge < -0.3 is 20.1 Å². The second-order valence-electron chi connectivity index (χ2n) is 7.91. The summed E-state index contributed by atoms with van der Waals surface area (Å²) >= 11 is 0. The standard InChI is InChI=1S/C23H29N3O6S/c1-15-5-7-19(24-16(2)27)20(13-15)25-23(28)17-9-11-26(12-10-17)33(29,30)18-6-8-21(31-3)22(14-18)32-4/h5-8,13-14,17H,9-12H2,1-4H3,(H,24,27)(H,25,28). The van der Waals surface area contributed by atoms with E-state index in [4.69, 9.17) is 9.47 Å². The highest BCUT2D eigenvalue weighted by molar-refractivity contribution is 7.89. The largest absolute Gasteiger partial charge is 0.493 e. The zero-order chi connectivity index (χ0) is 24.2. The molecule has 2 aromatic carbocycles. The Morgan fingerprint density at radius 3 is 2.21 bits per heavy atom. The van der Waals surface area contributed by atoms with E-state index >= 15 is 0 Å². The molecule has 1 aliphatic heterocycles. The first-order valence-electron chi connectivity index (χ1n) is 10.6. The highest BCUT2D eigenvalue weighted by Gasteiger charge is 2.33. The second-order valence-corrected chi connectivity index (χ2v) is 9.85. The van der Waals surface area contributed by atoms with Gasteiger partial charge in [-0.05, 0) is 49.6 Å². The van der Waals surface area contributed by atoms with Gasteiger partial charge in [-0.1, -0.05) is 6.07 Å². The Morgan fingerprint density at radius 1 is 0.939 bits per heavy atom. The smallest absolute Gasteiger partial charge is 0.243 e. The maximum absolute atomic E-state index is 13.1. The van der Waals surface area contributed by atoms with Gasteiger partial charge in [-0.15, -0.1) is 0 Å². The van der Waals surface area contributed by atoms with Crippen molar-refractivity contribution in [2.75, 3.05) is 37.9 Å². The maximum atomic E-state index is 13.1. The van der Waals surface area contributed by atoms with E-state index < -0.39 is 10.0 Å². The molecule has 0 atom stereocenters. The van der Waals surface area contributed by atoms with Crippen molar-refractivity contribution in [1.29, 1.82) is 0 Å². The van der Waals surface area contributed by atoms with Crippen LogP contribution in [-0.2, 0) is 19.6 Å². The quantitative estimate of drug-likeness (QED) is 0.636. The first kappa shape index (κ1) is 24.5. The number of carbonyl (C=O) groups excluding carboxylic acids is 2. The van der Waals surface area contributed by atoms with Gasteiger partial charge in [0.1, 0.15) is 0 Å². The molecule has 10 heteroatoms. The molecule has 0 radical (unpaired) electrons. The number of nitrogens with one attached hydrogen (secondary N) is 2. The van der Waals surface area contributed by atoms with E-state index in [-0.39, 0.29) is 35.7 Å². The van der Waals surface area contributed by atoms with Crippen LogP contribution in [-0.4, -0.2) is 51.8 Å². The molecule has 9 nitrogen and oxygen atoms in total. The fourth-order valence-electron chi connectivity index (χ4n) is 3.78. The molecule has 0 spiro atoms. The number of hydrogen-bond acceptors (Lipinski definition) is 6. The molecule has 178 valence electrons. The van der Waals surface area contributed by atoms with E-state index in [9.17, 15) is 18.0 Å². The highest BCUT2D eigenvalue weighted by Crippen LogP contribution is 2.32. The van der Waals surface area contributed by atoms with Gasteiger partial charge in [0.15, 0.2) is 11.5 Å². The second kappa shape index (κ2) is 10.2. The van der Waals surface area contributed by atoms with Crippen LogP contribution in [0.2, 0.25) is 0 Å². The molecule has 0 aliphatic carbocycles. The van der Waals surface area contributed by atoms with E-state index in [1.54, 1.807) is 18.2 Å². The first-order valence-corrected chi connectivity index (χ1v) is 12.0. The van der Waals surface area contributed by atoms with Gasteiger partial charge in [-0.25, -0.2) is 8.42 Å². The van der Waals surface area contributed by atoms with Crippen molar-refractivity contribution in [3.63, 3.8) is 0 Å². The van der Waals surface area contributed by atoms with Gasteiger partial charge in [0.05, 0.1) is 30.5 Å². The molecule has 0 bridgehead atoms. The minimum atomic E-state index is -3.73. The predicted molar refractivity (Wildman–Crippen MR) is 125 cm³/mol. The molecule has 2 aromatic rings. The lowest BCUT2D eigenvalue weighted by atomic mass is 9.97. The van der Waals surface area contributed by atoms with Crippen molar-refractivity contribution in [2.45, 2.75) is 31.6 Å². The number of hydrogen-bond donors (Lipinski definition) is 2. The van der Waals surface area contributed by atoms with Gasteiger partial charge >= 0.3 is 0 Å². The number of anilines is 2. The van der Waals surface area contributed by atoms with E-state index in [1.165, 1.54) is 37.6 Å². The third-order valence-electron chi connectivity index (χ3n) is 5.56. The summed E-state index contributed by atoms with van der Waals surface area (Å²) in [6, 6.07) is 9.86. The first-order chi connectivity index (χ1) is 15.6. The third-order valence-corrected chi connectivity index (χ3v) is 7.46. The monoisotopic (exact) mass is 475 g/mol. The lowest BCUT2D eigenvalue weighted by Gasteiger charge is -2.30. The molecule has 1 fully saturated rings. The molecular formula is C23H29N3O6S. The normalized spacial score (nSPS) is 15.0. The molecule has 1 heterocycles. The fourth-order valence-corrected chi connectivity index (χ4v) is 5.27. The van der Waals surface area contributed by atoms with E-state index in [2.05, 4.69) is 10.6 Å². The molecule has 2 N–H and O–H groups in total. The van der Waals surface area contributed by atoms with Crippen LogP contribution in [0.25, 0.3) is 0 Å². The molecule has 1 aliphatic rings. The van der Waals surface area contributed by atoms with Crippen LogP contribution >= 0.6 is 0 Å². The Morgan fingerprint density at radius 2 is 1.61 bits per heavy atom. The zero-order valence-electron chi connectivity index (χ0n) is 19.2. The Hall–Kier alpha value is -3.11. The van der Waals surface area contributed by atoms with Crippen LogP contribution in [0.4, 0.5) is 11.4 Å². The van der Waals surface area contributed by atoms with Gasteiger partial charge in [0.2, 0.25) is 21.8 Å². The topological polar surface area (TPSA) is 114 Å². The lowest BCUT2D eigenvalue weighted by Crippen LogP contribution is -2.41. The summed E-state index contributed by atoms with van der Waals surface area (Å²) in [5, 5.41) is 5.60. The van der Waals surface area contributed by atoms with Crippen LogP contribution in [0.5, 0.6) is 11.5 Å². The Bertz CT molecular complexity index is 1140. The van der Waals surface area contributed by atoms with Crippen molar-refractivity contribution < 1.29 is 27.5 Å². The van der Waals surface area contributed by atoms with Crippen molar-refractivity contribution in [2.24, 2.45) is 5.92 Å². The Labute approximate surface area is 194 Å². The lowest BCUT2D eigenvalue weighted by molar-refractivity contribution is -0.121. The van der Waals surface area contributed by atoms with E-state index in [0.29, 0.717) is 35.7 Å². The Balaban J connectivity index is 1.68. The predicted octanol–water partition coefficient (Wildman–Crippen LogP) is 3.01. The van der Waals surface area contributed by atoms with Crippen LogP contribution < -0.4 is 20.1 Å². The molecule has 3 rings (SSSR count). The SMILES string of the molecule is COc1ccc(S(=O)(=O)N2CCC(C(=O)Nc3cc(C)ccc3NC(C)=O)CC2)cc1OC. The van der Waals surface area contributed by atoms with Crippen LogP contribution in [0.1, 0.15) is 25.3 Å². The minimum Gasteiger partial charge on any atom is -0.493 e. The molecule has 0 aromatic heterocycles.